The van der Waals surface area contributed by atoms with Gasteiger partial charge >= 0.3 is 0 Å². The van der Waals surface area contributed by atoms with E-state index in [4.69, 9.17) is 9.41 Å². The van der Waals surface area contributed by atoms with Gasteiger partial charge in [0.05, 0.1) is 0 Å². The van der Waals surface area contributed by atoms with Gasteiger partial charge in [-0.3, -0.25) is 5.32 Å². The molecule has 0 aliphatic carbocycles. The van der Waals surface area contributed by atoms with Gasteiger partial charge in [0.25, 0.3) is 0 Å². The van der Waals surface area contributed by atoms with Crippen molar-refractivity contribution in [3.63, 3.8) is 0 Å². The minimum atomic E-state index is -0.214. The van der Waals surface area contributed by atoms with Crippen LogP contribution < -0.4 is 10.6 Å². The van der Waals surface area contributed by atoms with Crippen LogP contribution in [0.15, 0.2) is 137 Å². The molecule has 6 aromatic carbocycles. The summed E-state index contributed by atoms with van der Waals surface area (Å²) in [6.07, 6.45) is -0.369. The fourth-order valence-corrected chi connectivity index (χ4v) is 5.68. The third-order valence-corrected chi connectivity index (χ3v) is 7.71. The zero-order valence-corrected chi connectivity index (χ0v) is 21.1. The summed E-state index contributed by atoms with van der Waals surface area (Å²) in [5.41, 5.74) is 5.08. The predicted octanol–water partition coefficient (Wildman–Crippen LogP) is 8.23. The van der Waals surface area contributed by atoms with Gasteiger partial charge in [0.15, 0.2) is 0 Å². The fourth-order valence-electron chi connectivity index (χ4n) is 5.68. The molecule has 39 heavy (non-hydrogen) atoms. The maximum absolute atomic E-state index is 6.22. The van der Waals surface area contributed by atoms with Crippen LogP contribution in [-0.4, -0.2) is 5.84 Å². The summed E-state index contributed by atoms with van der Waals surface area (Å²) in [6.45, 7) is 0. The molecule has 2 N–H and O–H groups in total. The lowest BCUT2D eigenvalue weighted by Crippen LogP contribution is -2.44. The lowest BCUT2D eigenvalue weighted by atomic mass is 10.0. The van der Waals surface area contributed by atoms with Crippen molar-refractivity contribution in [2.24, 2.45) is 4.99 Å². The van der Waals surface area contributed by atoms with Crippen LogP contribution in [0.1, 0.15) is 29.0 Å². The number of rotatable bonds is 3. The van der Waals surface area contributed by atoms with E-state index in [9.17, 15) is 0 Å². The molecule has 1 aliphatic rings. The molecule has 0 radical (unpaired) electrons. The van der Waals surface area contributed by atoms with Gasteiger partial charge in [-0.2, -0.15) is 0 Å². The number of hydrogen-bond acceptors (Lipinski definition) is 4. The van der Waals surface area contributed by atoms with Crippen molar-refractivity contribution in [2.75, 3.05) is 0 Å². The molecule has 0 saturated heterocycles. The summed E-state index contributed by atoms with van der Waals surface area (Å²) in [5.74, 6) is 0.868. The van der Waals surface area contributed by atoms with Crippen molar-refractivity contribution in [1.29, 1.82) is 0 Å². The first kappa shape index (κ1) is 22.1. The molecule has 8 rings (SSSR count). The predicted molar refractivity (Wildman–Crippen MR) is 160 cm³/mol. The maximum atomic E-state index is 6.22. The average molecular weight is 504 g/mol. The number of benzene rings is 6. The van der Waals surface area contributed by atoms with Crippen LogP contribution in [0.4, 0.5) is 0 Å². The van der Waals surface area contributed by atoms with Crippen molar-refractivity contribution < 1.29 is 4.42 Å². The molecule has 2 heterocycles. The average Bonchev–Trinajstić information content (AvgIpc) is 3.38. The molecule has 0 bridgehead atoms. The smallest absolute Gasteiger partial charge is 0.135 e. The van der Waals surface area contributed by atoms with Crippen LogP contribution in [0.5, 0.6) is 0 Å². The first-order chi connectivity index (χ1) is 19.3. The number of nitrogens with one attached hydrogen (secondary N) is 2. The number of para-hydroxylation sites is 1. The van der Waals surface area contributed by atoms with E-state index < -0.39 is 0 Å². The standard InChI is InChI=1S/C35H25N3O/c1-3-9-24-19-26(15-13-22(24)7-1)33-36-34(27-16-14-23-8-2-4-10-25(23)20-27)38-35(37-33)28-17-18-30-29-11-5-6-12-31(29)39-32(30)21-28/h1-21,33,35,37H,(H,36,38). The summed E-state index contributed by atoms with van der Waals surface area (Å²) >= 11 is 0. The Morgan fingerprint density at radius 1 is 0.538 bits per heavy atom. The summed E-state index contributed by atoms with van der Waals surface area (Å²) in [6, 6.07) is 44.7. The second-order valence-corrected chi connectivity index (χ2v) is 10.1. The van der Waals surface area contributed by atoms with E-state index in [1.807, 2.05) is 12.1 Å². The van der Waals surface area contributed by atoms with E-state index in [2.05, 4.69) is 126 Å². The van der Waals surface area contributed by atoms with E-state index in [1.165, 1.54) is 21.5 Å². The number of aliphatic imine (C=N–C) groups is 1. The monoisotopic (exact) mass is 503 g/mol. The quantitative estimate of drug-likeness (QED) is 0.255. The first-order valence-corrected chi connectivity index (χ1v) is 13.3. The Morgan fingerprint density at radius 3 is 2.05 bits per heavy atom. The number of fused-ring (bicyclic) bond motifs is 5. The van der Waals surface area contributed by atoms with Crippen molar-refractivity contribution in [1.82, 2.24) is 10.6 Å². The lowest BCUT2D eigenvalue weighted by Gasteiger charge is -2.32. The van der Waals surface area contributed by atoms with Gasteiger partial charge in [-0.1, -0.05) is 103 Å². The van der Waals surface area contributed by atoms with E-state index >= 15 is 0 Å². The largest absolute Gasteiger partial charge is 0.456 e. The zero-order valence-electron chi connectivity index (χ0n) is 21.1. The number of furan rings is 1. The Labute approximate surface area is 225 Å². The molecule has 1 aromatic heterocycles. The molecule has 2 unspecified atom stereocenters. The Morgan fingerprint density at radius 2 is 1.21 bits per heavy atom. The summed E-state index contributed by atoms with van der Waals surface area (Å²) in [4.78, 5) is 5.18. The third-order valence-electron chi connectivity index (χ3n) is 7.71. The van der Waals surface area contributed by atoms with Crippen LogP contribution in [0, 0.1) is 0 Å². The molecular formula is C35H25N3O. The summed E-state index contributed by atoms with van der Waals surface area (Å²) in [5, 5.41) is 14.5. The zero-order chi connectivity index (χ0) is 25.8. The molecule has 2 atom stereocenters. The summed E-state index contributed by atoms with van der Waals surface area (Å²) < 4.78 is 6.22. The van der Waals surface area contributed by atoms with Crippen molar-refractivity contribution in [3.05, 3.63) is 144 Å². The highest BCUT2D eigenvalue weighted by Crippen LogP contribution is 2.33. The molecular weight excluding hydrogens is 478 g/mol. The highest BCUT2D eigenvalue weighted by atomic mass is 16.3. The minimum Gasteiger partial charge on any atom is -0.456 e. The summed E-state index contributed by atoms with van der Waals surface area (Å²) in [7, 11) is 0. The van der Waals surface area contributed by atoms with Crippen LogP contribution in [0.25, 0.3) is 43.5 Å². The van der Waals surface area contributed by atoms with Gasteiger partial charge in [-0.25, -0.2) is 4.99 Å². The molecule has 7 aromatic rings. The highest BCUT2D eigenvalue weighted by molar-refractivity contribution is 6.05. The third kappa shape index (κ3) is 3.85. The van der Waals surface area contributed by atoms with Gasteiger partial charge in [-0.05, 0) is 56.9 Å². The van der Waals surface area contributed by atoms with E-state index in [1.54, 1.807) is 0 Å². The van der Waals surface area contributed by atoms with Gasteiger partial charge in [0.2, 0.25) is 0 Å². The first-order valence-electron chi connectivity index (χ1n) is 13.3. The highest BCUT2D eigenvalue weighted by Gasteiger charge is 2.26. The number of hydrogen-bond donors (Lipinski definition) is 2. The topological polar surface area (TPSA) is 49.6 Å². The van der Waals surface area contributed by atoms with Crippen molar-refractivity contribution >= 4 is 49.3 Å². The van der Waals surface area contributed by atoms with Crippen LogP contribution >= 0.6 is 0 Å². The van der Waals surface area contributed by atoms with Crippen molar-refractivity contribution in [2.45, 2.75) is 12.3 Å². The van der Waals surface area contributed by atoms with Gasteiger partial charge < -0.3 is 9.73 Å². The van der Waals surface area contributed by atoms with E-state index in [0.717, 1.165) is 44.5 Å². The number of nitrogens with zero attached hydrogens (tertiary/aromatic N) is 1. The van der Waals surface area contributed by atoms with Crippen LogP contribution in [-0.2, 0) is 0 Å². The molecule has 1 aliphatic heterocycles. The molecule has 186 valence electrons. The minimum absolute atomic E-state index is 0.155. The number of amidine groups is 1. The van der Waals surface area contributed by atoms with Gasteiger partial charge in [0, 0.05) is 16.3 Å². The fraction of sp³-hybridized carbons (Fsp3) is 0.0571. The van der Waals surface area contributed by atoms with E-state index in [-0.39, 0.29) is 12.3 Å². The Balaban J connectivity index is 1.24. The second-order valence-electron chi connectivity index (χ2n) is 10.1. The molecule has 0 spiro atoms. The van der Waals surface area contributed by atoms with Crippen molar-refractivity contribution in [3.8, 4) is 0 Å². The van der Waals surface area contributed by atoms with Gasteiger partial charge in [-0.15, -0.1) is 0 Å². The normalized spacial score (nSPS) is 17.5. The SMILES string of the molecule is c1ccc2cc(C3=NC(c4ccc5ccccc5c4)NC(c4ccc5c(c4)oc4ccccc45)N3)ccc2c1. The van der Waals surface area contributed by atoms with Crippen LogP contribution in [0.3, 0.4) is 0 Å². The Hall–Kier alpha value is -4.93. The van der Waals surface area contributed by atoms with Crippen LogP contribution in [0.2, 0.25) is 0 Å². The Bertz CT molecular complexity index is 2050. The molecule has 0 saturated carbocycles. The van der Waals surface area contributed by atoms with E-state index in [0.29, 0.717) is 0 Å². The Kier molecular flexibility index (Phi) is 5.00. The van der Waals surface area contributed by atoms with Gasteiger partial charge in [0.1, 0.15) is 29.3 Å². The maximum Gasteiger partial charge on any atom is 0.135 e. The molecule has 0 fully saturated rings. The second kappa shape index (κ2) is 8.83. The molecule has 4 heteroatoms. The molecule has 0 amide bonds. The lowest BCUT2D eigenvalue weighted by molar-refractivity contribution is 0.409. The molecule has 4 nitrogen and oxygen atoms in total.